The van der Waals surface area contributed by atoms with Gasteiger partial charge in [0.2, 0.25) is 5.91 Å². The Morgan fingerprint density at radius 1 is 1.23 bits per heavy atom. The highest BCUT2D eigenvalue weighted by atomic mass is 79.9. The Morgan fingerprint density at radius 2 is 2.00 bits per heavy atom. The van der Waals surface area contributed by atoms with Crippen molar-refractivity contribution in [3.8, 4) is 0 Å². The van der Waals surface area contributed by atoms with Gasteiger partial charge in [-0.1, -0.05) is 28.1 Å². The van der Waals surface area contributed by atoms with Crippen molar-refractivity contribution in [2.45, 2.75) is 19.4 Å². The lowest BCUT2D eigenvalue weighted by Gasteiger charge is -2.31. The summed E-state index contributed by atoms with van der Waals surface area (Å²) in [7, 11) is 0. The van der Waals surface area contributed by atoms with Crippen molar-refractivity contribution in [1.29, 1.82) is 0 Å². The van der Waals surface area contributed by atoms with Crippen molar-refractivity contribution >= 4 is 34.2 Å². The zero-order valence-electron chi connectivity index (χ0n) is 12.7. The van der Waals surface area contributed by atoms with Gasteiger partial charge in [0.1, 0.15) is 0 Å². The van der Waals surface area contributed by atoms with E-state index in [0.29, 0.717) is 12.3 Å². The second kappa shape index (κ2) is 8.29. The molecule has 0 aromatic heterocycles. The van der Waals surface area contributed by atoms with Crippen LogP contribution in [0.3, 0.4) is 0 Å². The summed E-state index contributed by atoms with van der Waals surface area (Å²) in [6.07, 6.45) is 1.71. The average molecular weight is 389 g/mol. The van der Waals surface area contributed by atoms with E-state index in [1.807, 2.05) is 4.90 Å². The molecule has 4 nitrogen and oxygen atoms in total. The number of fused-ring (bicyclic) bond motifs is 1. The van der Waals surface area contributed by atoms with Crippen LogP contribution in [-0.4, -0.2) is 55.0 Å². The quantitative estimate of drug-likeness (QED) is 0.861. The van der Waals surface area contributed by atoms with Crippen molar-refractivity contribution < 1.29 is 4.79 Å². The smallest absolute Gasteiger partial charge is 0.223 e. The molecule has 0 atom stereocenters. The van der Waals surface area contributed by atoms with Crippen LogP contribution in [0.15, 0.2) is 22.7 Å². The summed E-state index contributed by atoms with van der Waals surface area (Å²) in [5, 5.41) is 3.28. The molecule has 1 aromatic carbocycles. The molecule has 1 fully saturated rings. The molecule has 1 saturated heterocycles. The van der Waals surface area contributed by atoms with Gasteiger partial charge in [-0.05, 0) is 23.6 Å². The van der Waals surface area contributed by atoms with Crippen LogP contribution >= 0.6 is 28.3 Å². The summed E-state index contributed by atoms with van der Waals surface area (Å²) < 4.78 is 1.22. The van der Waals surface area contributed by atoms with Crippen LogP contribution in [0.5, 0.6) is 0 Å². The molecule has 6 heteroatoms. The number of nitrogens with one attached hydrogen (secondary N) is 1. The van der Waals surface area contributed by atoms with Gasteiger partial charge in [0, 0.05) is 56.7 Å². The lowest BCUT2D eigenvalue weighted by Crippen LogP contribution is -2.47. The fourth-order valence-electron chi connectivity index (χ4n) is 3.14. The number of benzene rings is 1. The maximum absolute atomic E-state index is 12.2. The maximum atomic E-state index is 12.2. The van der Waals surface area contributed by atoms with E-state index in [-0.39, 0.29) is 12.4 Å². The van der Waals surface area contributed by atoms with E-state index in [4.69, 9.17) is 0 Å². The lowest BCUT2D eigenvalue weighted by atomic mass is 10.00. The Balaban J connectivity index is 0.00000176. The molecule has 0 unspecified atom stereocenters. The fraction of sp³-hybridized carbons (Fsp3) is 0.562. The number of amides is 1. The summed E-state index contributed by atoms with van der Waals surface area (Å²) in [4.78, 5) is 16.6. The Kier molecular flexibility index (Phi) is 6.68. The summed E-state index contributed by atoms with van der Waals surface area (Å²) in [5.74, 6) is 0.302. The van der Waals surface area contributed by atoms with Crippen molar-refractivity contribution in [3.05, 3.63) is 33.8 Å². The van der Waals surface area contributed by atoms with E-state index in [9.17, 15) is 4.79 Å². The molecule has 2 aliphatic heterocycles. The normalized spacial score (nSPS) is 18.5. The minimum absolute atomic E-state index is 0. The van der Waals surface area contributed by atoms with Crippen LogP contribution in [-0.2, 0) is 17.8 Å². The number of halogens is 2. The SMILES string of the molecule is Cl.O=C(CCN1CCc2c(Br)cccc2C1)N1CCNCC1. The predicted molar refractivity (Wildman–Crippen MR) is 94.4 cm³/mol. The minimum Gasteiger partial charge on any atom is -0.340 e. The molecule has 1 N–H and O–H groups in total. The van der Waals surface area contributed by atoms with E-state index in [2.05, 4.69) is 44.3 Å². The highest BCUT2D eigenvalue weighted by Gasteiger charge is 2.20. The number of hydrogen-bond acceptors (Lipinski definition) is 3. The Labute approximate surface area is 146 Å². The molecule has 0 bridgehead atoms. The van der Waals surface area contributed by atoms with Gasteiger partial charge < -0.3 is 10.2 Å². The standard InChI is InChI=1S/C16H22BrN3O.ClH/c17-15-3-1-2-13-12-19(8-4-14(13)15)9-5-16(21)20-10-6-18-7-11-20;/h1-3,18H,4-12H2;1H. The Hall–Kier alpha value is -0.620. The number of carbonyl (C=O) groups excluding carboxylic acids is 1. The van der Waals surface area contributed by atoms with Crippen LogP contribution in [0, 0.1) is 0 Å². The first-order valence-corrected chi connectivity index (χ1v) is 8.50. The summed E-state index contributed by atoms with van der Waals surface area (Å²) in [6.45, 7) is 6.44. The second-order valence-corrected chi connectivity index (χ2v) is 6.64. The lowest BCUT2D eigenvalue weighted by molar-refractivity contribution is -0.132. The minimum atomic E-state index is 0. The molecular weight excluding hydrogens is 366 g/mol. The third-order valence-electron chi connectivity index (χ3n) is 4.40. The van der Waals surface area contributed by atoms with E-state index in [1.54, 1.807) is 0 Å². The highest BCUT2D eigenvalue weighted by Crippen LogP contribution is 2.26. The summed E-state index contributed by atoms with van der Waals surface area (Å²) in [6, 6.07) is 6.41. The van der Waals surface area contributed by atoms with Gasteiger partial charge in [-0.3, -0.25) is 9.69 Å². The van der Waals surface area contributed by atoms with Gasteiger partial charge in [0.15, 0.2) is 0 Å². The number of rotatable bonds is 3. The van der Waals surface area contributed by atoms with Crippen molar-refractivity contribution in [2.75, 3.05) is 39.3 Å². The first-order valence-electron chi connectivity index (χ1n) is 7.71. The van der Waals surface area contributed by atoms with Crippen molar-refractivity contribution in [1.82, 2.24) is 15.1 Å². The van der Waals surface area contributed by atoms with Crippen LogP contribution in [0.1, 0.15) is 17.5 Å². The van der Waals surface area contributed by atoms with Crippen molar-refractivity contribution in [2.24, 2.45) is 0 Å². The number of nitrogens with zero attached hydrogens (tertiary/aromatic N) is 2. The predicted octanol–water partition coefficient (Wildman–Crippen LogP) is 2.05. The molecule has 1 aromatic rings. The van der Waals surface area contributed by atoms with Gasteiger partial charge in [0.25, 0.3) is 0 Å². The largest absolute Gasteiger partial charge is 0.340 e. The van der Waals surface area contributed by atoms with E-state index < -0.39 is 0 Å². The molecule has 0 spiro atoms. The van der Waals surface area contributed by atoms with Crippen LogP contribution in [0.25, 0.3) is 0 Å². The third-order valence-corrected chi connectivity index (χ3v) is 5.14. The Morgan fingerprint density at radius 3 is 2.77 bits per heavy atom. The second-order valence-electron chi connectivity index (χ2n) is 5.78. The molecule has 122 valence electrons. The van der Waals surface area contributed by atoms with E-state index in [1.165, 1.54) is 15.6 Å². The summed E-state index contributed by atoms with van der Waals surface area (Å²) in [5.41, 5.74) is 2.83. The van der Waals surface area contributed by atoms with E-state index >= 15 is 0 Å². The van der Waals surface area contributed by atoms with Gasteiger partial charge in [0.05, 0.1) is 0 Å². The third kappa shape index (κ3) is 4.22. The topological polar surface area (TPSA) is 35.6 Å². The molecule has 1 amide bonds. The average Bonchev–Trinajstić information content (AvgIpc) is 2.53. The van der Waals surface area contributed by atoms with Gasteiger partial charge in [-0.2, -0.15) is 0 Å². The molecule has 3 rings (SSSR count). The van der Waals surface area contributed by atoms with Crippen LogP contribution < -0.4 is 5.32 Å². The monoisotopic (exact) mass is 387 g/mol. The number of hydrogen-bond donors (Lipinski definition) is 1. The van der Waals surface area contributed by atoms with Gasteiger partial charge in [-0.25, -0.2) is 0 Å². The molecular formula is C16H23BrClN3O. The first-order chi connectivity index (χ1) is 10.2. The van der Waals surface area contributed by atoms with Gasteiger partial charge >= 0.3 is 0 Å². The number of piperazine rings is 1. The maximum Gasteiger partial charge on any atom is 0.223 e. The van der Waals surface area contributed by atoms with E-state index in [0.717, 1.165) is 52.2 Å². The van der Waals surface area contributed by atoms with Crippen LogP contribution in [0.4, 0.5) is 0 Å². The molecule has 22 heavy (non-hydrogen) atoms. The zero-order valence-corrected chi connectivity index (χ0v) is 15.1. The number of carbonyl (C=O) groups is 1. The molecule has 0 radical (unpaired) electrons. The fourth-order valence-corrected chi connectivity index (χ4v) is 3.74. The summed E-state index contributed by atoms with van der Waals surface area (Å²) >= 11 is 3.63. The molecule has 2 aliphatic rings. The van der Waals surface area contributed by atoms with Crippen LogP contribution in [0.2, 0.25) is 0 Å². The zero-order chi connectivity index (χ0) is 14.7. The molecule has 2 heterocycles. The molecule has 0 aliphatic carbocycles. The highest BCUT2D eigenvalue weighted by molar-refractivity contribution is 9.10. The van der Waals surface area contributed by atoms with Crippen molar-refractivity contribution in [3.63, 3.8) is 0 Å². The molecule has 0 saturated carbocycles. The Bertz CT molecular complexity index is 520. The van der Waals surface area contributed by atoms with Gasteiger partial charge in [-0.15, -0.1) is 12.4 Å². The first kappa shape index (κ1) is 17.7.